The molecule has 5 N–H and O–H groups in total. The lowest BCUT2D eigenvalue weighted by Crippen LogP contribution is -2.19. The largest absolute Gasteiger partial charge is 0.508 e. The van der Waals surface area contributed by atoms with Crippen molar-refractivity contribution in [3.8, 4) is 34.3 Å². The Labute approximate surface area is 154 Å². The predicted octanol–water partition coefficient (Wildman–Crippen LogP) is 2.99. The molecule has 142 valence electrons. The van der Waals surface area contributed by atoms with Crippen LogP contribution in [0.1, 0.15) is 25.8 Å². The molecule has 0 radical (unpaired) electrons. The van der Waals surface area contributed by atoms with Gasteiger partial charge in [-0.25, -0.2) is 0 Å². The molecule has 2 aromatic carbocycles. The van der Waals surface area contributed by atoms with Gasteiger partial charge in [-0.05, 0) is 62.6 Å². The first kappa shape index (κ1) is 18.6. The summed E-state index contributed by atoms with van der Waals surface area (Å²) in [6, 6.07) is 6.96. The van der Waals surface area contributed by atoms with E-state index in [2.05, 4.69) is 0 Å². The average Bonchev–Trinajstić information content (AvgIpc) is 2.59. The van der Waals surface area contributed by atoms with Crippen molar-refractivity contribution in [1.29, 1.82) is 0 Å². The van der Waals surface area contributed by atoms with E-state index in [1.54, 1.807) is 13.8 Å². The van der Waals surface area contributed by atoms with E-state index in [0.717, 1.165) is 0 Å². The van der Waals surface area contributed by atoms with Crippen LogP contribution in [0.3, 0.4) is 0 Å². The van der Waals surface area contributed by atoms with Crippen molar-refractivity contribution in [1.82, 2.24) is 0 Å². The first-order chi connectivity index (χ1) is 12.6. The Morgan fingerprint density at radius 1 is 1.00 bits per heavy atom. The number of aromatic hydroxyl groups is 4. The summed E-state index contributed by atoms with van der Waals surface area (Å²) in [5.74, 6) is -2.03. The molecule has 0 spiro atoms. The zero-order valence-corrected chi connectivity index (χ0v) is 14.9. The van der Waals surface area contributed by atoms with Gasteiger partial charge in [-0.15, -0.1) is 0 Å². The highest BCUT2D eigenvalue weighted by Gasteiger charge is 2.23. The van der Waals surface area contributed by atoms with Gasteiger partial charge in [0, 0.05) is 5.56 Å². The van der Waals surface area contributed by atoms with Crippen molar-refractivity contribution in [3.63, 3.8) is 0 Å². The van der Waals surface area contributed by atoms with E-state index < -0.39 is 28.3 Å². The second-order valence-electron chi connectivity index (χ2n) is 7.08. The van der Waals surface area contributed by atoms with Crippen LogP contribution >= 0.6 is 0 Å². The summed E-state index contributed by atoms with van der Waals surface area (Å²) in [5, 5.41) is 49.4. The van der Waals surface area contributed by atoms with Gasteiger partial charge in [0.15, 0.2) is 17.3 Å². The molecule has 0 atom stereocenters. The Morgan fingerprint density at radius 3 is 2.22 bits per heavy atom. The van der Waals surface area contributed by atoms with Crippen LogP contribution in [0.25, 0.3) is 22.3 Å². The molecule has 0 aliphatic heterocycles. The first-order valence-corrected chi connectivity index (χ1v) is 8.34. The predicted molar refractivity (Wildman–Crippen MR) is 99.2 cm³/mol. The van der Waals surface area contributed by atoms with Crippen LogP contribution in [0.15, 0.2) is 39.5 Å². The molecule has 0 aliphatic rings. The average molecular weight is 372 g/mol. The summed E-state index contributed by atoms with van der Waals surface area (Å²) in [7, 11) is 0. The number of fused-ring (bicyclic) bond motifs is 1. The van der Waals surface area contributed by atoms with Gasteiger partial charge in [0.05, 0.1) is 5.60 Å². The normalized spacial score (nSPS) is 11.8. The highest BCUT2D eigenvalue weighted by Crippen LogP contribution is 2.39. The third kappa shape index (κ3) is 3.54. The fraction of sp³-hybridized carbons (Fsp3) is 0.250. The van der Waals surface area contributed by atoms with Crippen LogP contribution in [-0.2, 0) is 6.42 Å². The SMILES string of the molecule is CC(C)(O)CCc1cc(O)c(O)c2c(=O)c(O)c(-c3ccc(O)cc3)oc12. The Bertz CT molecular complexity index is 1060. The molecule has 3 aromatic rings. The second-order valence-corrected chi connectivity index (χ2v) is 7.08. The summed E-state index contributed by atoms with van der Waals surface area (Å²) in [6.45, 7) is 3.25. The number of aryl methyl sites for hydroxylation is 1. The van der Waals surface area contributed by atoms with Crippen LogP contribution in [0.5, 0.6) is 23.0 Å². The van der Waals surface area contributed by atoms with Crippen molar-refractivity contribution < 1.29 is 29.9 Å². The quantitative estimate of drug-likeness (QED) is 0.445. The molecule has 3 rings (SSSR count). The standard InChI is InChI=1S/C20H20O7/c1-20(2,26)8-7-11-9-13(22)15(23)14-16(24)17(25)19(27-18(11)14)10-3-5-12(21)6-4-10/h3-6,9,21-23,25-26H,7-8H2,1-2H3. The van der Waals surface area contributed by atoms with E-state index in [1.807, 2.05) is 0 Å². The fourth-order valence-corrected chi connectivity index (χ4v) is 2.83. The lowest BCUT2D eigenvalue weighted by molar-refractivity contribution is 0.0714. The minimum atomic E-state index is -0.989. The number of benzene rings is 2. The number of phenolic OH excluding ortho intramolecular Hbond substituents is 3. The Balaban J connectivity index is 2.29. The molecule has 0 aliphatic carbocycles. The van der Waals surface area contributed by atoms with E-state index in [9.17, 15) is 30.3 Å². The lowest BCUT2D eigenvalue weighted by Gasteiger charge is -2.18. The van der Waals surface area contributed by atoms with Gasteiger partial charge in [-0.3, -0.25) is 4.79 Å². The molecule has 0 saturated heterocycles. The number of hydrogen-bond donors (Lipinski definition) is 5. The summed E-state index contributed by atoms with van der Waals surface area (Å²) in [6.07, 6.45) is 0.571. The highest BCUT2D eigenvalue weighted by atomic mass is 16.4. The Kier molecular flexibility index (Phi) is 4.49. The molecule has 7 heteroatoms. The van der Waals surface area contributed by atoms with Crippen LogP contribution in [0.4, 0.5) is 0 Å². The third-order valence-electron chi connectivity index (χ3n) is 4.31. The van der Waals surface area contributed by atoms with Crippen molar-refractivity contribution in [2.24, 2.45) is 0 Å². The monoisotopic (exact) mass is 372 g/mol. The van der Waals surface area contributed by atoms with Crippen LogP contribution in [0, 0.1) is 0 Å². The van der Waals surface area contributed by atoms with Crippen molar-refractivity contribution in [2.45, 2.75) is 32.3 Å². The molecule has 1 aromatic heterocycles. The van der Waals surface area contributed by atoms with Crippen LogP contribution in [-0.4, -0.2) is 31.1 Å². The highest BCUT2D eigenvalue weighted by molar-refractivity contribution is 5.91. The molecule has 0 fully saturated rings. The maximum absolute atomic E-state index is 12.6. The second kappa shape index (κ2) is 6.51. The molecule has 0 bridgehead atoms. The summed E-state index contributed by atoms with van der Waals surface area (Å²) < 4.78 is 5.75. The summed E-state index contributed by atoms with van der Waals surface area (Å²) in [5.41, 5.74) is -1.11. The molecular formula is C20H20O7. The van der Waals surface area contributed by atoms with Gasteiger partial charge in [0.25, 0.3) is 0 Å². The molecule has 1 heterocycles. The molecule has 0 saturated carbocycles. The van der Waals surface area contributed by atoms with Gasteiger partial charge >= 0.3 is 0 Å². The van der Waals surface area contributed by atoms with Crippen LogP contribution < -0.4 is 5.43 Å². The Hall–Kier alpha value is -3.19. The van der Waals surface area contributed by atoms with Crippen LogP contribution in [0.2, 0.25) is 0 Å². The molecule has 7 nitrogen and oxygen atoms in total. The van der Waals surface area contributed by atoms with Crippen molar-refractivity contribution in [3.05, 3.63) is 46.1 Å². The number of aliphatic hydroxyl groups is 1. The number of rotatable bonds is 4. The van der Waals surface area contributed by atoms with Crippen molar-refractivity contribution >= 4 is 11.0 Å². The molecule has 27 heavy (non-hydrogen) atoms. The summed E-state index contributed by atoms with van der Waals surface area (Å²) >= 11 is 0. The van der Waals surface area contributed by atoms with E-state index in [0.29, 0.717) is 17.5 Å². The maximum atomic E-state index is 12.6. The van der Waals surface area contributed by atoms with Gasteiger partial charge in [-0.2, -0.15) is 0 Å². The molecule has 0 amide bonds. The van der Waals surface area contributed by atoms with E-state index >= 15 is 0 Å². The summed E-state index contributed by atoms with van der Waals surface area (Å²) in [4.78, 5) is 12.6. The maximum Gasteiger partial charge on any atom is 0.238 e. The zero-order valence-electron chi connectivity index (χ0n) is 14.9. The van der Waals surface area contributed by atoms with Crippen molar-refractivity contribution in [2.75, 3.05) is 0 Å². The van der Waals surface area contributed by atoms with Gasteiger partial charge in [0.2, 0.25) is 11.2 Å². The topological polar surface area (TPSA) is 131 Å². The minimum absolute atomic E-state index is 0.00908. The lowest BCUT2D eigenvalue weighted by atomic mass is 9.96. The van der Waals surface area contributed by atoms with Gasteiger partial charge in [0.1, 0.15) is 16.7 Å². The molecular weight excluding hydrogens is 352 g/mol. The first-order valence-electron chi connectivity index (χ1n) is 8.34. The van der Waals surface area contributed by atoms with E-state index in [4.69, 9.17) is 4.42 Å². The molecule has 0 unspecified atom stereocenters. The minimum Gasteiger partial charge on any atom is -0.508 e. The Morgan fingerprint density at radius 2 is 1.63 bits per heavy atom. The third-order valence-corrected chi connectivity index (χ3v) is 4.31. The van der Waals surface area contributed by atoms with E-state index in [1.165, 1.54) is 30.3 Å². The fourth-order valence-electron chi connectivity index (χ4n) is 2.83. The van der Waals surface area contributed by atoms with Gasteiger partial charge in [-0.1, -0.05) is 0 Å². The smallest absolute Gasteiger partial charge is 0.238 e. The van der Waals surface area contributed by atoms with Gasteiger partial charge < -0.3 is 29.9 Å². The zero-order chi connectivity index (χ0) is 19.9. The number of hydrogen-bond acceptors (Lipinski definition) is 7. The van der Waals surface area contributed by atoms with E-state index in [-0.39, 0.29) is 28.9 Å². The number of phenols is 3.